The molecule has 1 aliphatic heterocycles. The van der Waals surface area contributed by atoms with Gasteiger partial charge in [-0.1, -0.05) is 12.1 Å². The predicted octanol–water partition coefficient (Wildman–Crippen LogP) is 3.54. The molecule has 0 aliphatic carbocycles. The number of hydrogen-bond acceptors (Lipinski definition) is 5. The number of amides is 2. The van der Waals surface area contributed by atoms with Crippen molar-refractivity contribution in [1.29, 1.82) is 0 Å². The van der Waals surface area contributed by atoms with Gasteiger partial charge in [-0.2, -0.15) is 5.10 Å². The third kappa shape index (κ3) is 3.94. The summed E-state index contributed by atoms with van der Waals surface area (Å²) in [6.45, 7) is 3.88. The third-order valence-corrected chi connectivity index (χ3v) is 4.75. The second kappa shape index (κ2) is 7.70. The zero-order valence-electron chi connectivity index (χ0n) is 14.9. The van der Waals surface area contributed by atoms with E-state index in [1.54, 1.807) is 12.3 Å². The van der Waals surface area contributed by atoms with Crippen molar-refractivity contribution < 1.29 is 9.59 Å². The molecule has 0 radical (unpaired) electrons. The number of thioether (sulfide) groups is 1. The Balaban J connectivity index is 1.83. The van der Waals surface area contributed by atoms with Gasteiger partial charge < -0.3 is 5.32 Å². The van der Waals surface area contributed by atoms with Crippen molar-refractivity contribution in [2.24, 2.45) is 5.10 Å². The van der Waals surface area contributed by atoms with Crippen molar-refractivity contribution in [1.82, 2.24) is 4.98 Å². The quantitative estimate of drug-likeness (QED) is 0.838. The first-order valence-corrected chi connectivity index (χ1v) is 9.49. The van der Waals surface area contributed by atoms with Crippen LogP contribution in [0.2, 0.25) is 0 Å². The standard InChI is InChI=1S/C19H20N4O2S/c1-12-4-5-13(2)16(10-12)23-18(24)9-7-15(22-23)19(25)21-14-6-8-17(26-3)20-11-14/h4-6,8,10-11H,7,9H2,1-3H3,(H,21,25). The largest absolute Gasteiger partial charge is 0.319 e. The van der Waals surface area contributed by atoms with Gasteiger partial charge in [0.05, 0.1) is 22.6 Å². The van der Waals surface area contributed by atoms with Gasteiger partial charge in [-0.05, 0) is 49.4 Å². The third-order valence-electron chi connectivity index (χ3n) is 4.09. The number of carbonyl (C=O) groups is 2. The Morgan fingerprint density at radius 1 is 1.19 bits per heavy atom. The summed E-state index contributed by atoms with van der Waals surface area (Å²) in [6, 6.07) is 9.47. The molecule has 134 valence electrons. The van der Waals surface area contributed by atoms with Crippen molar-refractivity contribution in [2.45, 2.75) is 31.7 Å². The van der Waals surface area contributed by atoms with E-state index in [0.717, 1.165) is 16.2 Å². The molecule has 1 aromatic heterocycles. The van der Waals surface area contributed by atoms with E-state index in [2.05, 4.69) is 15.4 Å². The molecule has 0 saturated heterocycles. The van der Waals surface area contributed by atoms with E-state index >= 15 is 0 Å². The summed E-state index contributed by atoms with van der Waals surface area (Å²) in [4.78, 5) is 29.1. The van der Waals surface area contributed by atoms with Gasteiger partial charge >= 0.3 is 0 Å². The second-order valence-electron chi connectivity index (χ2n) is 6.09. The maximum Gasteiger partial charge on any atom is 0.271 e. The molecular weight excluding hydrogens is 348 g/mol. The van der Waals surface area contributed by atoms with E-state index in [1.807, 2.05) is 44.4 Å². The molecule has 0 fully saturated rings. The number of carbonyl (C=O) groups excluding carboxylic acids is 2. The summed E-state index contributed by atoms with van der Waals surface area (Å²) in [5.74, 6) is -0.423. The maximum absolute atomic E-state index is 12.5. The van der Waals surface area contributed by atoms with E-state index < -0.39 is 0 Å². The van der Waals surface area contributed by atoms with Gasteiger partial charge in [0, 0.05) is 12.8 Å². The van der Waals surface area contributed by atoms with Gasteiger partial charge in [0.1, 0.15) is 5.71 Å². The van der Waals surface area contributed by atoms with E-state index in [0.29, 0.717) is 23.5 Å². The van der Waals surface area contributed by atoms with Crippen LogP contribution in [0.25, 0.3) is 0 Å². The maximum atomic E-state index is 12.5. The summed E-state index contributed by atoms with van der Waals surface area (Å²) in [5.41, 5.74) is 3.62. The van der Waals surface area contributed by atoms with Gasteiger partial charge in [-0.25, -0.2) is 9.99 Å². The summed E-state index contributed by atoms with van der Waals surface area (Å²) in [6.07, 6.45) is 4.13. The molecule has 6 nitrogen and oxygen atoms in total. The fourth-order valence-corrected chi connectivity index (χ4v) is 2.99. The van der Waals surface area contributed by atoms with Crippen LogP contribution in [0.4, 0.5) is 11.4 Å². The van der Waals surface area contributed by atoms with Crippen LogP contribution in [0, 0.1) is 13.8 Å². The lowest BCUT2D eigenvalue weighted by Crippen LogP contribution is -2.36. The molecule has 1 aromatic carbocycles. The van der Waals surface area contributed by atoms with E-state index in [9.17, 15) is 9.59 Å². The number of anilines is 2. The molecule has 2 heterocycles. The summed E-state index contributed by atoms with van der Waals surface area (Å²) in [5, 5.41) is 9.35. The Kier molecular flexibility index (Phi) is 5.37. The zero-order chi connectivity index (χ0) is 18.7. The molecule has 2 amide bonds. The minimum atomic E-state index is -0.313. The average Bonchev–Trinajstić information content (AvgIpc) is 2.65. The highest BCUT2D eigenvalue weighted by atomic mass is 32.2. The number of pyridine rings is 1. The zero-order valence-corrected chi connectivity index (χ0v) is 15.8. The van der Waals surface area contributed by atoms with E-state index in [1.165, 1.54) is 16.8 Å². The smallest absolute Gasteiger partial charge is 0.271 e. The SMILES string of the molecule is CSc1ccc(NC(=O)C2=NN(c3cc(C)ccc3C)C(=O)CC2)cn1. The molecule has 1 aliphatic rings. The van der Waals surface area contributed by atoms with Crippen molar-refractivity contribution in [3.05, 3.63) is 47.7 Å². The number of aromatic nitrogens is 1. The molecular formula is C19H20N4O2S. The molecule has 7 heteroatoms. The lowest BCUT2D eigenvalue weighted by molar-refractivity contribution is -0.118. The Hall–Kier alpha value is -2.67. The van der Waals surface area contributed by atoms with Crippen LogP contribution in [0.15, 0.2) is 46.7 Å². The minimum absolute atomic E-state index is 0.110. The first kappa shape index (κ1) is 18.1. The Morgan fingerprint density at radius 3 is 2.69 bits per heavy atom. The number of nitrogens with zero attached hydrogens (tertiary/aromatic N) is 3. The normalized spacial score (nSPS) is 14.2. The summed E-state index contributed by atoms with van der Waals surface area (Å²) in [7, 11) is 0. The van der Waals surface area contributed by atoms with E-state index in [4.69, 9.17) is 0 Å². The monoisotopic (exact) mass is 368 g/mol. The van der Waals surface area contributed by atoms with Crippen LogP contribution in [0.5, 0.6) is 0 Å². The summed E-state index contributed by atoms with van der Waals surface area (Å²) < 4.78 is 0. The number of benzene rings is 1. The number of aryl methyl sites for hydroxylation is 2. The van der Waals surface area contributed by atoms with Gasteiger partial charge in [-0.3, -0.25) is 9.59 Å². The molecule has 0 unspecified atom stereocenters. The van der Waals surface area contributed by atoms with Gasteiger partial charge in [0.15, 0.2) is 0 Å². The second-order valence-corrected chi connectivity index (χ2v) is 6.91. The number of rotatable bonds is 4. The fraction of sp³-hybridized carbons (Fsp3) is 0.263. The average molecular weight is 368 g/mol. The Labute approximate surface area is 156 Å². The van der Waals surface area contributed by atoms with Gasteiger partial charge in [0.2, 0.25) is 5.91 Å². The van der Waals surface area contributed by atoms with Crippen molar-refractivity contribution in [3.63, 3.8) is 0 Å². The van der Waals surface area contributed by atoms with Crippen molar-refractivity contribution >= 4 is 40.7 Å². The molecule has 26 heavy (non-hydrogen) atoms. The Bertz CT molecular complexity index is 878. The highest BCUT2D eigenvalue weighted by molar-refractivity contribution is 7.98. The molecule has 0 bridgehead atoms. The molecule has 0 spiro atoms. The predicted molar refractivity (Wildman–Crippen MR) is 105 cm³/mol. The molecule has 2 aromatic rings. The van der Waals surface area contributed by atoms with Gasteiger partial charge in [-0.15, -0.1) is 11.8 Å². The molecule has 0 saturated carbocycles. The highest BCUT2D eigenvalue weighted by Gasteiger charge is 2.26. The van der Waals surface area contributed by atoms with Crippen LogP contribution < -0.4 is 10.3 Å². The topological polar surface area (TPSA) is 74.7 Å². The molecule has 1 N–H and O–H groups in total. The van der Waals surface area contributed by atoms with Crippen LogP contribution in [0.3, 0.4) is 0 Å². The lowest BCUT2D eigenvalue weighted by atomic mass is 10.1. The van der Waals surface area contributed by atoms with Crippen LogP contribution in [-0.4, -0.2) is 28.8 Å². The number of hydrazone groups is 1. The van der Waals surface area contributed by atoms with Crippen molar-refractivity contribution in [2.75, 3.05) is 16.6 Å². The lowest BCUT2D eigenvalue weighted by Gasteiger charge is -2.24. The van der Waals surface area contributed by atoms with Gasteiger partial charge in [0.25, 0.3) is 5.91 Å². The van der Waals surface area contributed by atoms with E-state index in [-0.39, 0.29) is 18.2 Å². The minimum Gasteiger partial charge on any atom is -0.319 e. The first-order chi connectivity index (χ1) is 12.5. The fourth-order valence-electron chi connectivity index (χ4n) is 2.63. The van der Waals surface area contributed by atoms with Crippen LogP contribution >= 0.6 is 11.8 Å². The number of nitrogens with one attached hydrogen (secondary N) is 1. The summed E-state index contributed by atoms with van der Waals surface area (Å²) >= 11 is 1.53. The van der Waals surface area contributed by atoms with Crippen molar-refractivity contribution in [3.8, 4) is 0 Å². The highest BCUT2D eigenvalue weighted by Crippen LogP contribution is 2.25. The molecule has 0 atom stereocenters. The van der Waals surface area contributed by atoms with Crippen LogP contribution in [0.1, 0.15) is 24.0 Å². The Morgan fingerprint density at radius 2 is 2.00 bits per heavy atom. The number of hydrogen-bond donors (Lipinski definition) is 1. The molecule has 3 rings (SSSR count). The van der Waals surface area contributed by atoms with Crippen LogP contribution in [-0.2, 0) is 9.59 Å². The first-order valence-electron chi connectivity index (χ1n) is 8.27.